The molecule has 0 spiro atoms. The topological polar surface area (TPSA) is 83.7 Å². The molecule has 2 aliphatic heterocycles. The van der Waals surface area contributed by atoms with Crippen molar-refractivity contribution < 1.29 is 17.6 Å². The molecule has 22 heavy (non-hydrogen) atoms. The van der Waals surface area contributed by atoms with Gasteiger partial charge < -0.3 is 4.90 Å². The summed E-state index contributed by atoms with van der Waals surface area (Å²) in [4.78, 5) is 14.3. The first kappa shape index (κ1) is 15.4. The maximum atomic E-state index is 13.4. The highest BCUT2D eigenvalue weighted by atomic mass is 32.2. The first-order valence-electron chi connectivity index (χ1n) is 7.24. The van der Waals surface area contributed by atoms with Crippen molar-refractivity contribution in [2.75, 3.05) is 24.5 Å². The lowest BCUT2D eigenvalue weighted by Gasteiger charge is -2.31. The summed E-state index contributed by atoms with van der Waals surface area (Å²) in [5.41, 5.74) is 1.61. The fraction of sp³-hybridized carbons (Fsp3) is 0.500. The smallest absolute Gasteiger partial charge is 0.276 e. The van der Waals surface area contributed by atoms with Gasteiger partial charge in [0.2, 0.25) is 5.91 Å². The third kappa shape index (κ3) is 2.86. The molecule has 1 aromatic carbocycles. The SMILES string of the molecule is NS(=O)(=O)N1CCC(C(=O)N2CCc3ccc(F)cc32)CC1. The van der Waals surface area contributed by atoms with E-state index in [0.717, 1.165) is 12.0 Å². The van der Waals surface area contributed by atoms with Crippen LogP contribution in [0.3, 0.4) is 0 Å². The zero-order valence-electron chi connectivity index (χ0n) is 12.0. The van der Waals surface area contributed by atoms with E-state index in [-0.39, 0.29) is 30.7 Å². The molecule has 2 aliphatic rings. The molecule has 1 saturated heterocycles. The van der Waals surface area contributed by atoms with Crippen LogP contribution >= 0.6 is 0 Å². The van der Waals surface area contributed by atoms with Gasteiger partial charge in [-0.3, -0.25) is 4.79 Å². The molecule has 0 bridgehead atoms. The number of nitrogens with zero attached hydrogens (tertiary/aromatic N) is 2. The summed E-state index contributed by atoms with van der Waals surface area (Å²) in [6.45, 7) is 1.05. The molecule has 2 heterocycles. The summed E-state index contributed by atoms with van der Waals surface area (Å²) in [6.07, 6.45) is 1.60. The monoisotopic (exact) mass is 327 g/mol. The number of carbonyl (C=O) groups excluding carboxylic acids is 1. The van der Waals surface area contributed by atoms with Crippen molar-refractivity contribution in [1.29, 1.82) is 0 Å². The van der Waals surface area contributed by atoms with E-state index in [0.29, 0.717) is 25.1 Å². The van der Waals surface area contributed by atoms with Gasteiger partial charge in [0.1, 0.15) is 5.82 Å². The molecule has 0 aromatic heterocycles. The van der Waals surface area contributed by atoms with Crippen LogP contribution in [0.4, 0.5) is 10.1 Å². The molecule has 0 atom stereocenters. The van der Waals surface area contributed by atoms with Crippen LogP contribution in [-0.4, -0.2) is 38.3 Å². The van der Waals surface area contributed by atoms with Crippen LogP contribution in [0.15, 0.2) is 18.2 Å². The third-order valence-electron chi connectivity index (χ3n) is 4.37. The van der Waals surface area contributed by atoms with Gasteiger partial charge in [-0.15, -0.1) is 0 Å². The zero-order chi connectivity index (χ0) is 15.9. The van der Waals surface area contributed by atoms with E-state index in [1.54, 1.807) is 11.0 Å². The number of hydrogen-bond donors (Lipinski definition) is 1. The van der Waals surface area contributed by atoms with Crippen LogP contribution in [0.5, 0.6) is 0 Å². The standard InChI is InChI=1S/C14H18FN3O3S/c15-12-2-1-10-5-8-18(13(10)9-12)14(19)11-3-6-17(7-4-11)22(16,20)21/h1-2,9,11H,3-8H2,(H2,16,20,21). The van der Waals surface area contributed by atoms with Gasteiger partial charge in [-0.1, -0.05) is 6.07 Å². The second-order valence-corrected chi connectivity index (χ2v) is 7.28. The van der Waals surface area contributed by atoms with Crippen LogP contribution in [0.2, 0.25) is 0 Å². The minimum Gasteiger partial charge on any atom is -0.311 e. The molecule has 0 unspecified atom stereocenters. The Hall–Kier alpha value is -1.51. The molecule has 3 rings (SSSR count). The van der Waals surface area contributed by atoms with Crippen LogP contribution in [-0.2, 0) is 21.4 Å². The van der Waals surface area contributed by atoms with E-state index in [1.165, 1.54) is 16.4 Å². The Morgan fingerprint density at radius 3 is 2.55 bits per heavy atom. The van der Waals surface area contributed by atoms with E-state index in [4.69, 9.17) is 5.14 Å². The van der Waals surface area contributed by atoms with Gasteiger partial charge >= 0.3 is 0 Å². The number of nitrogens with two attached hydrogens (primary N) is 1. The molecule has 1 amide bonds. The van der Waals surface area contributed by atoms with Crippen molar-refractivity contribution in [3.8, 4) is 0 Å². The lowest BCUT2D eigenvalue weighted by atomic mass is 9.96. The zero-order valence-corrected chi connectivity index (χ0v) is 12.9. The summed E-state index contributed by atoms with van der Waals surface area (Å²) in [5, 5.41) is 5.09. The van der Waals surface area contributed by atoms with Crippen molar-refractivity contribution in [2.45, 2.75) is 19.3 Å². The first-order chi connectivity index (χ1) is 10.4. The second kappa shape index (κ2) is 5.60. The highest BCUT2D eigenvalue weighted by Crippen LogP contribution is 2.32. The number of carbonyl (C=O) groups is 1. The number of amides is 1. The molecule has 120 valence electrons. The van der Waals surface area contributed by atoms with Crippen molar-refractivity contribution in [3.05, 3.63) is 29.6 Å². The summed E-state index contributed by atoms with van der Waals surface area (Å²) in [6, 6.07) is 4.50. The summed E-state index contributed by atoms with van der Waals surface area (Å²) >= 11 is 0. The Balaban J connectivity index is 1.71. The Labute approximate surface area is 128 Å². The Morgan fingerprint density at radius 1 is 1.23 bits per heavy atom. The van der Waals surface area contributed by atoms with Gasteiger partial charge in [0.05, 0.1) is 0 Å². The molecule has 1 aromatic rings. The van der Waals surface area contributed by atoms with Crippen molar-refractivity contribution in [3.63, 3.8) is 0 Å². The maximum Gasteiger partial charge on any atom is 0.276 e. The molecule has 0 saturated carbocycles. The minimum atomic E-state index is -3.69. The Kier molecular flexibility index (Phi) is 3.92. The van der Waals surface area contributed by atoms with Gasteiger partial charge in [-0.2, -0.15) is 12.7 Å². The van der Waals surface area contributed by atoms with Crippen molar-refractivity contribution in [2.24, 2.45) is 11.1 Å². The average molecular weight is 327 g/mol. The first-order valence-corrected chi connectivity index (χ1v) is 8.74. The largest absolute Gasteiger partial charge is 0.311 e. The molecule has 1 fully saturated rings. The molecule has 0 radical (unpaired) electrons. The number of hydrogen-bond acceptors (Lipinski definition) is 3. The van der Waals surface area contributed by atoms with Gasteiger partial charge in [0, 0.05) is 31.2 Å². The quantitative estimate of drug-likeness (QED) is 0.865. The molecular weight excluding hydrogens is 309 g/mol. The maximum absolute atomic E-state index is 13.4. The normalized spacial score (nSPS) is 20.2. The minimum absolute atomic E-state index is 0.0570. The molecule has 2 N–H and O–H groups in total. The highest BCUT2D eigenvalue weighted by Gasteiger charge is 2.34. The molecule has 0 aliphatic carbocycles. The van der Waals surface area contributed by atoms with Crippen LogP contribution in [0.1, 0.15) is 18.4 Å². The van der Waals surface area contributed by atoms with Gasteiger partial charge in [0.25, 0.3) is 10.2 Å². The number of piperidine rings is 1. The van der Waals surface area contributed by atoms with E-state index < -0.39 is 10.2 Å². The number of anilines is 1. The van der Waals surface area contributed by atoms with Gasteiger partial charge in [0.15, 0.2) is 0 Å². The van der Waals surface area contributed by atoms with Crippen molar-refractivity contribution >= 4 is 21.8 Å². The Bertz CT molecular complexity index is 699. The average Bonchev–Trinajstić information content (AvgIpc) is 2.88. The molecule has 8 heteroatoms. The molecule has 6 nitrogen and oxygen atoms in total. The number of fused-ring (bicyclic) bond motifs is 1. The lowest BCUT2D eigenvalue weighted by Crippen LogP contribution is -2.46. The van der Waals surface area contributed by atoms with Crippen LogP contribution < -0.4 is 10.0 Å². The third-order valence-corrected chi connectivity index (χ3v) is 5.46. The number of halogens is 1. The summed E-state index contributed by atoms with van der Waals surface area (Å²) < 4.78 is 37.2. The van der Waals surface area contributed by atoms with E-state index in [2.05, 4.69) is 0 Å². The number of benzene rings is 1. The van der Waals surface area contributed by atoms with Crippen LogP contribution in [0, 0.1) is 11.7 Å². The van der Waals surface area contributed by atoms with E-state index in [9.17, 15) is 17.6 Å². The highest BCUT2D eigenvalue weighted by molar-refractivity contribution is 7.86. The van der Waals surface area contributed by atoms with Crippen LogP contribution in [0.25, 0.3) is 0 Å². The lowest BCUT2D eigenvalue weighted by molar-refractivity contribution is -0.123. The van der Waals surface area contributed by atoms with Crippen molar-refractivity contribution in [1.82, 2.24) is 4.31 Å². The fourth-order valence-corrected chi connectivity index (χ4v) is 3.88. The summed E-state index contributed by atoms with van der Waals surface area (Å²) in [7, 11) is -3.69. The summed E-state index contributed by atoms with van der Waals surface area (Å²) in [5.74, 6) is -0.659. The second-order valence-electron chi connectivity index (χ2n) is 5.73. The van der Waals surface area contributed by atoms with Gasteiger partial charge in [-0.05, 0) is 37.0 Å². The van der Waals surface area contributed by atoms with E-state index >= 15 is 0 Å². The fourth-order valence-electron chi connectivity index (χ4n) is 3.16. The Morgan fingerprint density at radius 2 is 1.91 bits per heavy atom. The molecular formula is C14H18FN3O3S. The predicted octanol–water partition coefficient (Wildman–Crippen LogP) is 0.630. The predicted molar refractivity (Wildman–Crippen MR) is 79.9 cm³/mol. The number of rotatable bonds is 2. The van der Waals surface area contributed by atoms with Gasteiger partial charge in [-0.25, -0.2) is 9.53 Å². The van der Waals surface area contributed by atoms with E-state index in [1.807, 2.05) is 0 Å².